The predicted molar refractivity (Wildman–Crippen MR) is 122 cm³/mol. The first-order valence-corrected chi connectivity index (χ1v) is 11.9. The molecule has 2 N–H and O–H groups in total. The highest BCUT2D eigenvalue weighted by atomic mass is 32.1. The molecule has 7 nitrogen and oxygen atoms in total. The minimum absolute atomic E-state index is 0.0393. The molecule has 0 radical (unpaired) electrons. The van der Waals surface area contributed by atoms with Crippen molar-refractivity contribution in [2.75, 3.05) is 17.2 Å². The monoisotopic (exact) mass is 452 g/mol. The number of fused-ring (bicyclic) bond motifs is 1. The Morgan fingerprint density at radius 2 is 2.10 bits per heavy atom. The van der Waals surface area contributed by atoms with Crippen LogP contribution in [0, 0.1) is 0 Å². The van der Waals surface area contributed by atoms with Crippen molar-refractivity contribution < 1.29 is 14.4 Å². The number of nitrogens with zero attached hydrogens (tertiary/aromatic N) is 2. The summed E-state index contributed by atoms with van der Waals surface area (Å²) < 4.78 is 0. The van der Waals surface area contributed by atoms with E-state index in [9.17, 15) is 14.4 Å². The van der Waals surface area contributed by atoms with E-state index in [2.05, 4.69) is 15.6 Å². The zero-order chi connectivity index (χ0) is 21.4. The summed E-state index contributed by atoms with van der Waals surface area (Å²) in [5.41, 5.74) is 3.66. The number of anilines is 2. The van der Waals surface area contributed by atoms with Gasteiger partial charge < -0.3 is 15.5 Å². The van der Waals surface area contributed by atoms with Gasteiger partial charge in [-0.3, -0.25) is 14.4 Å². The molecule has 2 aliphatic heterocycles. The fourth-order valence-electron chi connectivity index (χ4n) is 4.02. The second-order valence-electron chi connectivity index (χ2n) is 7.58. The van der Waals surface area contributed by atoms with Crippen LogP contribution in [0.25, 0.3) is 11.3 Å². The number of nitrogens with one attached hydrogen (secondary N) is 2. The van der Waals surface area contributed by atoms with Gasteiger partial charge in [0.05, 0.1) is 10.6 Å². The Labute approximate surface area is 187 Å². The van der Waals surface area contributed by atoms with Gasteiger partial charge in [-0.15, -0.1) is 22.7 Å². The molecule has 1 fully saturated rings. The van der Waals surface area contributed by atoms with Crippen LogP contribution in [-0.2, 0) is 16.0 Å². The number of thiophene rings is 1. The van der Waals surface area contributed by atoms with Crippen LogP contribution in [0.1, 0.15) is 34.5 Å². The highest BCUT2D eigenvalue weighted by Gasteiger charge is 2.35. The topological polar surface area (TPSA) is 91.4 Å². The van der Waals surface area contributed by atoms with Gasteiger partial charge in [0, 0.05) is 29.6 Å². The van der Waals surface area contributed by atoms with E-state index in [4.69, 9.17) is 0 Å². The van der Waals surface area contributed by atoms with Crippen LogP contribution < -0.4 is 10.6 Å². The molecule has 1 saturated heterocycles. The van der Waals surface area contributed by atoms with Gasteiger partial charge in [-0.2, -0.15) is 0 Å². The Balaban J connectivity index is 1.29. The minimum atomic E-state index is -0.477. The summed E-state index contributed by atoms with van der Waals surface area (Å²) >= 11 is 2.75. The number of aromatic nitrogens is 1. The van der Waals surface area contributed by atoms with Crippen molar-refractivity contribution in [1.82, 2.24) is 9.88 Å². The lowest BCUT2D eigenvalue weighted by atomic mass is 9.99. The number of likely N-dealkylation sites (tertiary alicyclic amines) is 1. The smallest absolute Gasteiger partial charge is 0.264 e. The largest absolute Gasteiger partial charge is 0.326 e. The van der Waals surface area contributed by atoms with Gasteiger partial charge in [0.2, 0.25) is 11.8 Å². The van der Waals surface area contributed by atoms with E-state index in [0.717, 1.165) is 28.9 Å². The summed E-state index contributed by atoms with van der Waals surface area (Å²) in [5.74, 6) is -0.248. The SMILES string of the molecule is O=C1CCc2cc(-c3csc(NC(=O)[C@@H]4CCCN4C(=O)c4cccs4)n3)ccc2N1. The number of thiazole rings is 1. The number of carbonyl (C=O) groups is 3. The minimum Gasteiger partial charge on any atom is -0.326 e. The van der Waals surface area contributed by atoms with Crippen LogP contribution in [0.15, 0.2) is 41.1 Å². The van der Waals surface area contributed by atoms with Crippen molar-refractivity contribution >= 4 is 51.2 Å². The van der Waals surface area contributed by atoms with E-state index in [1.54, 1.807) is 11.0 Å². The van der Waals surface area contributed by atoms with Gasteiger partial charge in [0.1, 0.15) is 6.04 Å². The summed E-state index contributed by atoms with van der Waals surface area (Å²) in [6, 6.07) is 9.00. The molecule has 4 heterocycles. The fourth-order valence-corrected chi connectivity index (χ4v) is 5.42. The van der Waals surface area contributed by atoms with Gasteiger partial charge in [-0.1, -0.05) is 12.1 Å². The van der Waals surface area contributed by atoms with Crippen molar-refractivity contribution in [2.24, 2.45) is 0 Å². The van der Waals surface area contributed by atoms with Crippen molar-refractivity contribution in [3.05, 3.63) is 51.5 Å². The number of amides is 3. The molecule has 158 valence electrons. The second kappa shape index (κ2) is 8.24. The van der Waals surface area contributed by atoms with E-state index in [-0.39, 0.29) is 17.7 Å². The number of aryl methyl sites for hydroxylation is 1. The molecule has 0 unspecified atom stereocenters. The number of benzene rings is 1. The van der Waals surface area contributed by atoms with E-state index in [1.807, 2.05) is 35.0 Å². The molecule has 1 aromatic carbocycles. The summed E-state index contributed by atoms with van der Waals surface area (Å²) in [6.07, 6.45) is 2.65. The number of rotatable bonds is 4. The average molecular weight is 453 g/mol. The molecule has 31 heavy (non-hydrogen) atoms. The fraction of sp³-hybridized carbons (Fsp3) is 0.273. The number of hydrogen-bond donors (Lipinski definition) is 2. The first-order chi connectivity index (χ1) is 15.1. The lowest BCUT2D eigenvalue weighted by Gasteiger charge is -2.22. The Morgan fingerprint density at radius 3 is 2.94 bits per heavy atom. The van der Waals surface area contributed by atoms with Crippen molar-refractivity contribution in [1.29, 1.82) is 0 Å². The Morgan fingerprint density at radius 1 is 1.19 bits per heavy atom. The molecule has 0 saturated carbocycles. The van der Waals surface area contributed by atoms with Crippen LogP contribution in [-0.4, -0.2) is 40.2 Å². The molecular weight excluding hydrogens is 432 g/mol. The quantitative estimate of drug-likeness (QED) is 0.626. The van der Waals surface area contributed by atoms with Gasteiger partial charge >= 0.3 is 0 Å². The summed E-state index contributed by atoms with van der Waals surface area (Å²) in [7, 11) is 0. The third-order valence-electron chi connectivity index (χ3n) is 5.58. The molecule has 0 aliphatic carbocycles. The third kappa shape index (κ3) is 3.98. The van der Waals surface area contributed by atoms with Crippen LogP contribution >= 0.6 is 22.7 Å². The number of hydrogen-bond acceptors (Lipinski definition) is 6. The molecule has 2 aromatic heterocycles. The maximum atomic E-state index is 12.9. The zero-order valence-corrected chi connectivity index (χ0v) is 18.2. The molecular formula is C22H20N4O3S2. The Kier molecular flexibility index (Phi) is 5.29. The van der Waals surface area contributed by atoms with Crippen LogP contribution in [0.5, 0.6) is 0 Å². The van der Waals surface area contributed by atoms with E-state index in [1.165, 1.54) is 22.7 Å². The molecule has 0 bridgehead atoms. The van der Waals surface area contributed by atoms with E-state index >= 15 is 0 Å². The normalized spacial score (nSPS) is 17.9. The molecule has 3 aromatic rings. The van der Waals surface area contributed by atoms with Crippen LogP contribution in [0.4, 0.5) is 10.8 Å². The lowest BCUT2D eigenvalue weighted by molar-refractivity contribution is -0.119. The lowest BCUT2D eigenvalue weighted by Crippen LogP contribution is -2.42. The standard InChI is InChI=1S/C22H20N4O3S2/c27-19-8-6-13-11-14(5-7-15(13)23-19)16-12-31-22(24-16)25-20(28)17-3-1-9-26(17)21(29)18-4-2-10-30-18/h2,4-5,7,10-12,17H,1,3,6,8-9H2,(H,23,27)(H,24,25,28)/t17-/m0/s1. The highest BCUT2D eigenvalue weighted by molar-refractivity contribution is 7.14. The Hall–Kier alpha value is -3.04. The predicted octanol–water partition coefficient (Wildman–Crippen LogP) is 4.00. The molecule has 0 spiro atoms. The second-order valence-corrected chi connectivity index (χ2v) is 9.39. The maximum Gasteiger partial charge on any atom is 0.264 e. The first kappa shape index (κ1) is 19.9. The van der Waals surface area contributed by atoms with Crippen LogP contribution in [0.2, 0.25) is 0 Å². The molecule has 1 atom stereocenters. The Bertz CT molecular complexity index is 1160. The maximum absolute atomic E-state index is 12.9. The molecule has 5 rings (SSSR count). The van der Waals surface area contributed by atoms with Crippen LogP contribution in [0.3, 0.4) is 0 Å². The summed E-state index contributed by atoms with van der Waals surface area (Å²) in [4.78, 5) is 44.0. The van der Waals surface area contributed by atoms with E-state index in [0.29, 0.717) is 35.8 Å². The summed E-state index contributed by atoms with van der Waals surface area (Å²) in [5, 5.41) is 10.1. The van der Waals surface area contributed by atoms with Crippen molar-refractivity contribution in [3.8, 4) is 11.3 Å². The average Bonchev–Trinajstić information content (AvgIpc) is 3.54. The molecule has 9 heteroatoms. The van der Waals surface area contributed by atoms with Gasteiger partial charge in [0.15, 0.2) is 5.13 Å². The van der Waals surface area contributed by atoms with Gasteiger partial charge in [-0.25, -0.2) is 4.98 Å². The first-order valence-electron chi connectivity index (χ1n) is 10.1. The van der Waals surface area contributed by atoms with Crippen molar-refractivity contribution in [2.45, 2.75) is 31.7 Å². The van der Waals surface area contributed by atoms with Gasteiger partial charge in [0.25, 0.3) is 5.91 Å². The van der Waals surface area contributed by atoms with E-state index < -0.39 is 6.04 Å². The highest BCUT2D eigenvalue weighted by Crippen LogP contribution is 2.31. The third-order valence-corrected chi connectivity index (χ3v) is 7.19. The van der Waals surface area contributed by atoms with Gasteiger partial charge in [-0.05, 0) is 48.4 Å². The molecule has 3 amide bonds. The zero-order valence-electron chi connectivity index (χ0n) is 16.6. The number of carbonyl (C=O) groups excluding carboxylic acids is 3. The molecule has 2 aliphatic rings. The van der Waals surface area contributed by atoms with Crippen molar-refractivity contribution in [3.63, 3.8) is 0 Å². The summed E-state index contributed by atoms with van der Waals surface area (Å²) in [6.45, 7) is 0.587.